The minimum absolute atomic E-state index is 0.101. The highest BCUT2D eigenvalue weighted by atomic mass is 35.5. The monoisotopic (exact) mass is 375 g/mol. The molecular formula is C12H5ClF7N3O. The van der Waals surface area contributed by atoms with E-state index in [9.17, 15) is 35.5 Å². The van der Waals surface area contributed by atoms with Crippen LogP contribution >= 0.6 is 11.6 Å². The van der Waals surface area contributed by atoms with Crippen LogP contribution < -0.4 is 5.32 Å². The first-order valence-electron chi connectivity index (χ1n) is 5.89. The number of hydrogen-bond donors (Lipinski definition) is 1. The van der Waals surface area contributed by atoms with E-state index in [1.54, 1.807) is 0 Å². The van der Waals surface area contributed by atoms with Crippen molar-refractivity contribution in [1.29, 1.82) is 0 Å². The molecule has 0 atom stereocenters. The van der Waals surface area contributed by atoms with Crippen molar-refractivity contribution in [2.75, 3.05) is 5.32 Å². The number of aromatic nitrogens is 2. The van der Waals surface area contributed by atoms with Gasteiger partial charge in [-0.25, -0.2) is 17.6 Å². The smallest absolute Gasteiger partial charge is 0.315 e. The molecule has 24 heavy (non-hydrogen) atoms. The Hall–Kier alpha value is -2.30. The maximum absolute atomic E-state index is 13.5. The number of amides is 1. The Morgan fingerprint density at radius 3 is 2.08 bits per heavy atom. The third kappa shape index (κ3) is 3.03. The van der Waals surface area contributed by atoms with Crippen LogP contribution in [0.25, 0.3) is 0 Å². The molecule has 0 aliphatic heterocycles. The molecule has 0 spiro atoms. The van der Waals surface area contributed by atoms with Gasteiger partial charge < -0.3 is 5.32 Å². The quantitative estimate of drug-likeness (QED) is 0.639. The summed E-state index contributed by atoms with van der Waals surface area (Å²) < 4.78 is 91.5. The van der Waals surface area contributed by atoms with Crippen molar-refractivity contribution in [2.24, 2.45) is 7.05 Å². The number of alkyl halides is 3. The predicted octanol–water partition coefficient (Wildman–Crippen LogP) is 3.90. The van der Waals surface area contributed by atoms with E-state index in [0.29, 0.717) is 0 Å². The first kappa shape index (κ1) is 18.0. The molecule has 0 fully saturated rings. The van der Waals surface area contributed by atoms with Crippen molar-refractivity contribution in [1.82, 2.24) is 9.78 Å². The summed E-state index contributed by atoms with van der Waals surface area (Å²) in [5, 5.41) is 3.47. The first-order valence-corrected chi connectivity index (χ1v) is 6.27. The lowest BCUT2D eigenvalue weighted by atomic mass is 10.2. The van der Waals surface area contributed by atoms with Gasteiger partial charge in [0.05, 0.1) is 0 Å². The van der Waals surface area contributed by atoms with E-state index in [-0.39, 0.29) is 10.7 Å². The van der Waals surface area contributed by atoms with Gasteiger partial charge in [-0.1, -0.05) is 11.6 Å². The van der Waals surface area contributed by atoms with Crippen LogP contribution in [0.5, 0.6) is 0 Å². The molecule has 1 heterocycles. The maximum atomic E-state index is 13.5. The normalized spacial score (nSPS) is 11.7. The van der Waals surface area contributed by atoms with E-state index in [0.717, 1.165) is 7.05 Å². The molecule has 1 N–H and O–H groups in total. The van der Waals surface area contributed by atoms with E-state index in [2.05, 4.69) is 5.10 Å². The van der Waals surface area contributed by atoms with Crippen LogP contribution in [0.2, 0.25) is 5.02 Å². The van der Waals surface area contributed by atoms with Crippen molar-refractivity contribution < 1.29 is 35.5 Å². The SMILES string of the molecule is Cn1nc(C(=O)Nc2c(F)c(F)cc(F)c2F)c(Cl)c1C(F)(F)F. The molecule has 0 aliphatic carbocycles. The number of aryl methyl sites for hydroxylation is 1. The largest absolute Gasteiger partial charge is 0.434 e. The Morgan fingerprint density at radius 1 is 1.17 bits per heavy atom. The molecule has 1 aromatic heterocycles. The summed E-state index contributed by atoms with van der Waals surface area (Å²) in [5.41, 5.74) is -4.04. The lowest BCUT2D eigenvalue weighted by molar-refractivity contribution is -0.143. The van der Waals surface area contributed by atoms with Crippen LogP contribution in [-0.2, 0) is 13.2 Å². The van der Waals surface area contributed by atoms with Crippen LogP contribution in [0.4, 0.5) is 36.4 Å². The molecule has 0 unspecified atom stereocenters. The number of nitrogens with one attached hydrogen (secondary N) is 1. The Balaban J connectivity index is 2.47. The van der Waals surface area contributed by atoms with E-state index >= 15 is 0 Å². The molecule has 0 bridgehead atoms. The topological polar surface area (TPSA) is 46.9 Å². The maximum Gasteiger partial charge on any atom is 0.434 e. The Kier molecular flexibility index (Phi) is 4.48. The van der Waals surface area contributed by atoms with Gasteiger partial charge in [0.25, 0.3) is 5.91 Å². The van der Waals surface area contributed by atoms with Crippen molar-refractivity contribution in [3.05, 3.63) is 45.7 Å². The summed E-state index contributed by atoms with van der Waals surface area (Å²) in [6.07, 6.45) is -4.96. The Bertz CT molecular complexity index is 805. The molecule has 2 rings (SSSR count). The standard InChI is InChI=1S/C12H5ClF7N3O/c1-23-10(12(18,19)20)5(13)8(22-23)11(24)21-9-6(16)3(14)2-4(15)7(9)17/h2H,1H3,(H,21,24). The van der Waals surface area contributed by atoms with Gasteiger partial charge in [-0.15, -0.1) is 0 Å². The van der Waals surface area contributed by atoms with E-state index in [1.807, 2.05) is 0 Å². The van der Waals surface area contributed by atoms with Crippen molar-refractivity contribution in [3.63, 3.8) is 0 Å². The zero-order chi connectivity index (χ0) is 18.4. The molecule has 1 aromatic carbocycles. The van der Waals surface area contributed by atoms with Crippen molar-refractivity contribution >= 4 is 23.2 Å². The summed E-state index contributed by atoms with van der Waals surface area (Å²) in [6.45, 7) is 0. The highest BCUT2D eigenvalue weighted by Crippen LogP contribution is 2.36. The molecule has 4 nitrogen and oxygen atoms in total. The number of hydrogen-bond acceptors (Lipinski definition) is 2. The van der Waals surface area contributed by atoms with E-state index < -0.39 is 57.5 Å². The van der Waals surface area contributed by atoms with Gasteiger partial charge in [-0.3, -0.25) is 9.48 Å². The minimum atomic E-state index is -4.96. The molecule has 0 saturated heterocycles. The molecular weight excluding hydrogens is 371 g/mol. The van der Waals surface area contributed by atoms with Crippen LogP contribution in [-0.4, -0.2) is 15.7 Å². The summed E-state index contributed by atoms with van der Waals surface area (Å²) in [6, 6.07) is -0.101. The van der Waals surface area contributed by atoms with Crippen LogP contribution in [0, 0.1) is 23.3 Å². The fourth-order valence-electron chi connectivity index (χ4n) is 1.81. The molecule has 0 aliphatic rings. The fourth-order valence-corrected chi connectivity index (χ4v) is 2.16. The fraction of sp³-hybridized carbons (Fsp3) is 0.167. The highest BCUT2D eigenvalue weighted by molar-refractivity contribution is 6.34. The third-order valence-corrected chi connectivity index (χ3v) is 3.18. The van der Waals surface area contributed by atoms with Crippen LogP contribution in [0.1, 0.15) is 16.2 Å². The Morgan fingerprint density at radius 2 is 1.67 bits per heavy atom. The lowest BCUT2D eigenvalue weighted by Gasteiger charge is -2.08. The van der Waals surface area contributed by atoms with Gasteiger partial charge in [0.1, 0.15) is 10.7 Å². The molecule has 0 radical (unpaired) electrons. The first-order chi connectivity index (χ1) is 10.9. The number of halogens is 8. The molecule has 2 aromatic rings. The zero-order valence-corrected chi connectivity index (χ0v) is 12.2. The zero-order valence-electron chi connectivity index (χ0n) is 11.4. The predicted molar refractivity (Wildman–Crippen MR) is 67.4 cm³/mol. The second kappa shape index (κ2) is 5.96. The average Bonchev–Trinajstić information content (AvgIpc) is 2.76. The summed E-state index contributed by atoms with van der Waals surface area (Å²) >= 11 is 5.42. The second-order valence-electron chi connectivity index (χ2n) is 4.43. The van der Waals surface area contributed by atoms with Gasteiger partial charge in [-0.2, -0.15) is 18.3 Å². The van der Waals surface area contributed by atoms with Crippen molar-refractivity contribution in [3.8, 4) is 0 Å². The lowest BCUT2D eigenvalue weighted by Crippen LogP contribution is -2.17. The number of nitrogens with zero attached hydrogens (tertiary/aromatic N) is 2. The second-order valence-corrected chi connectivity index (χ2v) is 4.81. The van der Waals surface area contributed by atoms with Crippen LogP contribution in [0.15, 0.2) is 6.07 Å². The molecule has 0 saturated carbocycles. The number of rotatable bonds is 2. The van der Waals surface area contributed by atoms with E-state index in [1.165, 1.54) is 5.32 Å². The van der Waals surface area contributed by atoms with Gasteiger partial charge in [0.15, 0.2) is 34.7 Å². The van der Waals surface area contributed by atoms with Gasteiger partial charge in [0.2, 0.25) is 0 Å². The average molecular weight is 376 g/mol. The number of carbonyl (C=O) groups is 1. The molecule has 1 amide bonds. The van der Waals surface area contributed by atoms with Gasteiger partial charge in [-0.05, 0) is 0 Å². The van der Waals surface area contributed by atoms with E-state index in [4.69, 9.17) is 11.6 Å². The summed E-state index contributed by atoms with van der Waals surface area (Å²) in [5.74, 6) is -9.09. The summed E-state index contributed by atoms with van der Waals surface area (Å²) in [4.78, 5) is 11.8. The molecule has 12 heteroatoms. The third-order valence-electron chi connectivity index (χ3n) is 2.82. The van der Waals surface area contributed by atoms with Gasteiger partial charge in [0, 0.05) is 13.1 Å². The minimum Gasteiger partial charge on any atom is -0.315 e. The van der Waals surface area contributed by atoms with Crippen molar-refractivity contribution in [2.45, 2.75) is 6.18 Å². The van der Waals surface area contributed by atoms with Crippen LogP contribution in [0.3, 0.4) is 0 Å². The molecule has 130 valence electrons. The number of carbonyl (C=O) groups excluding carboxylic acids is 1. The summed E-state index contributed by atoms with van der Waals surface area (Å²) in [7, 11) is 0.828. The number of anilines is 1. The highest BCUT2D eigenvalue weighted by Gasteiger charge is 2.40. The van der Waals surface area contributed by atoms with Gasteiger partial charge >= 0.3 is 6.18 Å². The Labute approximate surface area is 133 Å². The number of benzene rings is 1.